The Bertz CT molecular complexity index is 1350. The summed E-state index contributed by atoms with van der Waals surface area (Å²) < 4.78 is 20.8. The maximum Gasteiger partial charge on any atom is 0.150 e. The van der Waals surface area contributed by atoms with Crippen molar-refractivity contribution < 1.29 is 9.13 Å². The lowest BCUT2D eigenvalue weighted by Crippen LogP contribution is -1.98. The van der Waals surface area contributed by atoms with Gasteiger partial charge >= 0.3 is 0 Å². The van der Waals surface area contributed by atoms with Crippen LogP contribution in [0.25, 0.3) is 27.8 Å². The molecule has 0 atom stereocenters. The van der Waals surface area contributed by atoms with Crippen molar-refractivity contribution >= 4 is 22.5 Å². The van der Waals surface area contributed by atoms with Crippen LogP contribution >= 0.6 is 0 Å². The summed E-state index contributed by atoms with van der Waals surface area (Å²) >= 11 is 0. The average molecular weight is 410 g/mol. The molecule has 0 saturated carbocycles. The maximum absolute atomic E-state index is 13.5. The van der Waals surface area contributed by atoms with Gasteiger partial charge in [-0.1, -0.05) is 36.4 Å². The van der Waals surface area contributed by atoms with Crippen LogP contribution in [-0.4, -0.2) is 21.6 Å². The molecule has 0 amide bonds. The van der Waals surface area contributed by atoms with Crippen molar-refractivity contribution in [2.45, 2.75) is 0 Å². The summed E-state index contributed by atoms with van der Waals surface area (Å²) in [5.41, 5.74) is 4.42. The van der Waals surface area contributed by atoms with Crippen LogP contribution in [0.4, 0.5) is 15.9 Å². The Balaban J connectivity index is 1.72. The first-order chi connectivity index (χ1) is 15.2. The van der Waals surface area contributed by atoms with Crippen LogP contribution in [0.2, 0.25) is 0 Å². The van der Waals surface area contributed by atoms with E-state index in [4.69, 9.17) is 4.74 Å². The predicted octanol–water partition coefficient (Wildman–Crippen LogP) is 5.98. The number of halogens is 1. The van der Waals surface area contributed by atoms with E-state index in [0.717, 1.165) is 39.3 Å². The van der Waals surface area contributed by atoms with Gasteiger partial charge in [-0.2, -0.15) is 0 Å². The van der Waals surface area contributed by atoms with Crippen molar-refractivity contribution in [3.05, 3.63) is 97.2 Å². The fraction of sp³-hybridized carbons (Fsp3) is 0.0400. The normalized spacial score (nSPS) is 10.9. The smallest absolute Gasteiger partial charge is 0.150 e. The number of fused-ring (bicyclic) bond motifs is 1. The van der Waals surface area contributed by atoms with Gasteiger partial charge in [0.1, 0.15) is 23.7 Å². The summed E-state index contributed by atoms with van der Waals surface area (Å²) in [5, 5.41) is 4.28. The second kappa shape index (κ2) is 7.91. The minimum atomic E-state index is -0.279. The molecular weight excluding hydrogens is 391 g/mol. The van der Waals surface area contributed by atoms with Gasteiger partial charge in [0.15, 0.2) is 5.65 Å². The van der Waals surface area contributed by atoms with Gasteiger partial charge in [-0.15, -0.1) is 0 Å². The molecule has 0 aliphatic rings. The number of nitrogens with one attached hydrogen (secondary N) is 1. The Kier molecular flexibility index (Phi) is 4.80. The molecule has 3 aromatic carbocycles. The summed E-state index contributed by atoms with van der Waals surface area (Å²) in [6, 6.07) is 24.1. The largest absolute Gasteiger partial charge is 0.497 e. The third-order valence-corrected chi connectivity index (χ3v) is 5.11. The van der Waals surface area contributed by atoms with Crippen molar-refractivity contribution in [1.82, 2.24) is 14.5 Å². The third kappa shape index (κ3) is 3.59. The molecule has 0 saturated heterocycles. The molecule has 1 N–H and O–H groups in total. The Morgan fingerprint density at radius 2 is 1.71 bits per heavy atom. The van der Waals surface area contributed by atoms with Gasteiger partial charge in [-0.25, -0.2) is 14.4 Å². The Morgan fingerprint density at radius 1 is 0.903 bits per heavy atom. The molecule has 2 heterocycles. The zero-order chi connectivity index (χ0) is 21.2. The van der Waals surface area contributed by atoms with Crippen molar-refractivity contribution in [1.29, 1.82) is 0 Å². The first-order valence-corrected chi connectivity index (χ1v) is 9.81. The van der Waals surface area contributed by atoms with E-state index in [2.05, 4.69) is 15.3 Å². The van der Waals surface area contributed by atoms with Crippen LogP contribution in [0, 0.1) is 5.82 Å². The van der Waals surface area contributed by atoms with Gasteiger partial charge in [0.25, 0.3) is 0 Å². The summed E-state index contributed by atoms with van der Waals surface area (Å²) in [7, 11) is 1.64. The highest BCUT2D eigenvalue weighted by Crippen LogP contribution is 2.36. The molecular formula is C25H19FN4O. The van der Waals surface area contributed by atoms with E-state index in [9.17, 15) is 4.39 Å². The zero-order valence-corrected chi connectivity index (χ0v) is 16.8. The molecule has 0 radical (unpaired) electrons. The summed E-state index contributed by atoms with van der Waals surface area (Å²) in [6.07, 6.45) is 3.54. The molecule has 5 rings (SSSR count). The van der Waals surface area contributed by atoms with Gasteiger partial charge in [-0.3, -0.25) is 0 Å². The van der Waals surface area contributed by atoms with Crippen LogP contribution in [0.5, 0.6) is 5.75 Å². The molecule has 0 unspecified atom stereocenters. The lowest BCUT2D eigenvalue weighted by atomic mass is 10.1. The average Bonchev–Trinajstić information content (AvgIpc) is 3.21. The second-order valence-corrected chi connectivity index (χ2v) is 7.03. The molecule has 31 heavy (non-hydrogen) atoms. The summed E-state index contributed by atoms with van der Waals surface area (Å²) in [5.74, 6) is 1.15. The summed E-state index contributed by atoms with van der Waals surface area (Å²) in [6.45, 7) is 0. The second-order valence-electron chi connectivity index (χ2n) is 7.03. The monoisotopic (exact) mass is 410 g/mol. The van der Waals surface area contributed by atoms with E-state index in [1.807, 2.05) is 65.4 Å². The lowest BCUT2D eigenvalue weighted by molar-refractivity contribution is 0.415. The standard InChI is InChI=1S/C25H19FN4O/c1-31-21-9-5-8-19(14-21)29-24-23-22(17-6-3-2-4-7-17)15-30(25(23)28-16-27-24)20-12-10-18(26)11-13-20/h2-16H,1H3,(H,27,28,29). The van der Waals surface area contributed by atoms with E-state index >= 15 is 0 Å². The van der Waals surface area contributed by atoms with Gasteiger partial charge in [0.2, 0.25) is 0 Å². The van der Waals surface area contributed by atoms with Crippen LogP contribution < -0.4 is 10.1 Å². The van der Waals surface area contributed by atoms with E-state index in [0.29, 0.717) is 5.82 Å². The molecule has 6 heteroatoms. The number of aromatic nitrogens is 3. The maximum atomic E-state index is 13.5. The molecule has 0 bridgehead atoms. The molecule has 0 spiro atoms. The van der Waals surface area contributed by atoms with E-state index in [1.54, 1.807) is 19.2 Å². The minimum Gasteiger partial charge on any atom is -0.497 e. The fourth-order valence-electron chi connectivity index (χ4n) is 3.63. The van der Waals surface area contributed by atoms with Crippen LogP contribution in [0.15, 0.2) is 91.4 Å². The van der Waals surface area contributed by atoms with Crippen molar-refractivity contribution in [2.24, 2.45) is 0 Å². The fourth-order valence-corrected chi connectivity index (χ4v) is 3.63. The first-order valence-electron chi connectivity index (χ1n) is 9.81. The lowest BCUT2D eigenvalue weighted by Gasteiger charge is -2.10. The molecule has 0 aliphatic carbocycles. The Labute approximate surface area is 178 Å². The Morgan fingerprint density at radius 3 is 2.48 bits per heavy atom. The number of methoxy groups -OCH3 is 1. The zero-order valence-electron chi connectivity index (χ0n) is 16.8. The summed E-state index contributed by atoms with van der Waals surface area (Å²) in [4.78, 5) is 9.08. The van der Waals surface area contributed by atoms with Gasteiger partial charge < -0.3 is 14.6 Å². The molecule has 152 valence electrons. The molecule has 0 fully saturated rings. The number of rotatable bonds is 5. The van der Waals surface area contributed by atoms with Crippen molar-refractivity contribution in [3.8, 4) is 22.6 Å². The van der Waals surface area contributed by atoms with Crippen LogP contribution in [-0.2, 0) is 0 Å². The number of nitrogens with zero attached hydrogens (tertiary/aromatic N) is 3. The van der Waals surface area contributed by atoms with E-state index in [-0.39, 0.29) is 5.82 Å². The van der Waals surface area contributed by atoms with E-state index < -0.39 is 0 Å². The highest BCUT2D eigenvalue weighted by atomic mass is 19.1. The van der Waals surface area contributed by atoms with Crippen molar-refractivity contribution in [3.63, 3.8) is 0 Å². The molecule has 5 aromatic rings. The minimum absolute atomic E-state index is 0.279. The van der Waals surface area contributed by atoms with Gasteiger partial charge in [-0.05, 0) is 42.0 Å². The van der Waals surface area contributed by atoms with Gasteiger partial charge in [0, 0.05) is 29.2 Å². The first kappa shape index (κ1) is 18.8. The highest BCUT2D eigenvalue weighted by molar-refractivity contribution is 6.03. The predicted molar refractivity (Wildman–Crippen MR) is 121 cm³/mol. The number of hydrogen-bond acceptors (Lipinski definition) is 4. The van der Waals surface area contributed by atoms with Gasteiger partial charge in [0.05, 0.1) is 12.5 Å². The number of hydrogen-bond donors (Lipinski definition) is 1. The highest BCUT2D eigenvalue weighted by Gasteiger charge is 2.17. The number of ether oxygens (including phenoxy) is 1. The van der Waals surface area contributed by atoms with Crippen molar-refractivity contribution in [2.75, 3.05) is 12.4 Å². The van der Waals surface area contributed by atoms with E-state index in [1.165, 1.54) is 18.5 Å². The SMILES string of the molecule is COc1cccc(Nc2ncnc3c2c(-c2ccccc2)cn3-c2ccc(F)cc2)c1. The molecule has 2 aromatic heterocycles. The van der Waals surface area contributed by atoms with Crippen LogP contribution in [0.1, 0.15) is 0 Å². The Hall–Kier alpha value is -4.19. The molecule has 5 nitrogen and oxygen atoms in total. The number of anilines is 2. The van der Waals surface area contributed by atoms with Crippen LogP contribution in [0.3, 0.4) is 0 Å². The third-order valence-electron chi connectivity index (χ3n) is 5.11. The number of benzene rings is 3. The molecule has 0 aliphatic heterocycles. The quantitative estimate of drug-likeness (QED) is 0.387. The topological polar surface area (TPSA) is 52.0 Å².